The highest BCUT2D eigenvalue weighted by Gasteiger charge is 2.14. The van der Waals surface area contributed by atoms with Gasteiger partial charge in [0, 0.05) is 0 Å². The molecule has 0 heterocycles. The molecule has 0 spiro atoms. The second-order valence-electron chi connectivity index (χ2n) is 6.36. The Balaban J connectivity index is 2.65. The van der Waals surface area contributed by atoms with Crippen molar-refractivity contribution >= 4 is 6.08 Å². The van der Waals surface area contributed by atoms with E-state index in [2.05, 4.69) is 58.5 Å². The Bertz CT molecular complexity index is 710. The SMILES string of the molecule is C=Cc1cc(C)c(-c2ccc(C)c(CCCN)c2C)c(CC)c1. The first-order chi connectivity index (χ1) is 11.0. The van der Waals surface area contributed by atoms with E-state index < -0.39 is 0 Å². The van der Waals surface area contributed by atoms with E-state index in [1.807, 2.05) is 6.08 Å². The lowest BCUT2D eigenvalue weighted by molar-refractivity contribution is 0.823. The molecule has 0 saturated carbocycles. The summed E-state index contributed by atoms with van der Waals surface area (Å²) in [6.07, 6.45) is 5.07. The highest BCUT2D eigenvalue weighted by molar-refractivity contribution is 5.77. The van der Waals surface area contributed by atoms with Crippen LogP contribution in [0.2, 0.25) is 0 Å². The molecule has 2 rings (SSSR count). The van der Waals surface area contributed by atoms with E-state index in [-0.39, 0.29) is 0 Å². The molecule has 0 radical (unpaired) electrons. The van der Waals surface area contributed by atoms with Gasteiger partial charge in [-0.1, -0.05) is 43.8 Å². The Morgan fingerprint density at radius 3 is 2.43 bits per heavy atom. The third-order valence-corrected chi connectivity index (χ3v) is 4.79. The molecule has 0 aliphatic carbocycles. The van der Waals surface area contributed by atoms with E-state index in [0.717, 1.165) is 25.8 Å². The van der Waals surface area contributed by atoms with Gasteiger partial charge in [0.05, 0.1) is 0 Å². The predicted octanol–water partition coefficient (Wildman–Crippen LogP) is 5.38. The first-order valence-corrected chi connectivity index (χ1v) is 8.58. The molecule has 1 heteroatoms. The second kappa shape index (κ2) is 7.61. The van der Waals surface area contributed by atoms with Gasteiger partial charge in [-0.3, -0.25) is 0 Å². The lowest BCUT2D eigenvalue weighted by Gasteiger charge is -2.19. The van der Waals surface area contributed by atoms with Crippen molar-refractivity contribution in [2.45, 2.75) is 47.0 Å². The third-order valence-electron chi connectivity index (χ3n) is 4.79. The summed E-state index contributed by atoms with van der Waals surface area (Å²) < 4.78 is 0. The standard InChI is InChI=1S/C22H29N/c1-6-18-13-16(4)22(19(7-2)14-18)21-11-10-15(3)20(17(21)5)9-8-12-23/h6,10-11,13-14H,1,7-9,12,23H2,2-5H3. The van der Waals surface area contributed by atoms with Gasteiger partial charge in [-0.15, -0.1) is 0 Å². The van der Waals surface area contributed by atoms with E-state index in [0.29, 0.717) is 0 Å². The van der Waals surface area contributed by atoms with Crippen molar-refractivity contribution in [3.63, 3.8) is 0 Å². The van der Waals surface area contributed by atoms with Crippen LogP contribution in [0, 0.1) is 20.8 Å². The zero-order chi connectivity index (χ0) is 17.0. The molecule has 2 aromatic rings. The number of aryl methyl sites for hydroxylation is 3. The van der Waals surface area contributed by atoms with Crippen molar-refractivity contribution in [1.29, 1.82) is 0 Å². The minimum Gasteiger partial charge on any atom is -0.330 e. The monoisotopic (exact) mass is 307 g/mol. The van der Waals surface area contributed by atoms with Crippen molar-refractivity contribution in [1.82, 2.24) is 0 Å². The summed E-state index contributed by atoms with van der Waals surface area (Å²) in [4.78, 5) is 0. The maximum atomic E-state index is 5.72. The molecule has 0 atom stereocenters. The van der Waals surface area contributed by atoms with Gasteiger partial charge in [0.15, 0.2) is 0 Å². The third kappa shape index (κ3) is 3.56. The van der Waals surface area contributed by atoms with Gasteiger partial charge in [0.2, 0.25) is 0 Å². The van der Waals surface area contributed by atoms with Crippen LogP contribution in [0.4, 0.5) is 0 Å². The van der Waals surface area contributed by atoms with Crippen LogP contribution in [-0.2, 0) is 12.8 Å². The van der Waals surface area contributed by atoms with Crippen molar-refractivity contribution < 1.29 is 0 Å². The summed E-state index contributed by atoms with van der Waals surface area (Å²) in [5.41, 5.74) is 16.7. The molecule has 0 amide bonds. The fourth-order valence-corrected chi connectivity index (χ4v) is 3.50. The molecule has 0 fully saturated rings. The molecule has 0 aliphatic heterocycles. The number of hydrogen-bond acceptors (Lipinski definition) is 1. The molecular weight excluding hydrogens is 278 g/mol. The van der Waals surface area contributed by atoms with Gasteiger partial charge in [0.25, 0.3) is 0 Å². The normalized spacial score (nSPS) is 10.8. The second-order valence-corrected chi connectivity index (χ2v) is 6.36. The number of benzene rings is 2. The highest BCUT2D eigenvalue weighted by Crippen LogP contribution is 2.34. The van der Waals surface area contributed by atoms with Crippen LogP contribution >= 0.6 is 0 Å². The summed E-state index contributed by atoms with van der Waals surface area (Å²) in [5.74, 6) is 0. The predicted molar refractivity (Wildman–Crippen MR) is 103 cm³/mol. The van der Waals surface area contributed by atoms with E-state index >= 15 is 0 Å². The van der Waals surface area contributed by atoms with Crippen molar-refractivity contribution in [3.05, 3.63) is 64.2 Å². The number of nitrogens with two attached hydrogens (primary N) is 1. The Hall–Kier alpha value is -1.86. The van der Waals surface area contributed by atoms with E-state index in [1.165, 1.54) is 44.5 Å². The number of hydrogen-bond donors (Lipinski definition) is 1. The van der Waals surface area contributed by atoms with Crippen molar-refractivity contribution in [2.24, 2.45) is 5.73 Å². The lowest BCUT2D eigenvalue weighted by atomic mass is 9.85. The molecule has 23 heavy (non-hydrogen) atoms. The Morgan fingerprint density at radius 1 is 1.09 bits per heavy atom. The molecule has 1 nitrogen and oxygen atoms in total. The van der Waals surface area contributed by atoms with Gasteiger partial charge >= 0.3 is 0 Å². The summed E-state index contributed by atoms with van der Waals surface area (Å²) in [5, 5.41) is 0. The van der Waals surface area contributed by atoms with Crippen LogP contribution in [0.5, 0.6) is 0 Å². The summed E-state index contributed by atoms with van der Waals surface area (Å²) >= 11 is 0. The number of rotatable bonds is 6. The average Bonchev–Trinajstić information content (AvgIpc) is 2.55. The van der Waals surface area contributed by atoms with Crippen molar-refractivity contribution in [3.8, 4) is 11.1 Å². The van der Waals surface area contributed by atoms with Gasteiger partial charge in [-0.25, -0.2) is 0 Å². The molecule has 0 bridgehead atoms. The Labute approximate surface area is 141 Å². The first kappa shape index (κ1) is 17.5. The van der Waals surface area contributed by atoms with Crippen LogP contribution in [0.25, 0.3) is 17.2 Å². The zero-order valence-corrected chi connectivity index (χ0v) is 15.0. The van der Waals surface area contributed by atoms with Gasteiger partial charge in [0.1, 0.15) is 0 Å². The Morgan fingerprint density at radius 2 is 1.83 bits per heavy atom. The van der Waals surface area contributed by atoms with Crippen LogP contribution in [0.3, 0.4) is 0 Å². The average molecular weight is 307 g/mol. The van der Waals surface area contributed by atoms with Crippen molar-refractivity contribution in [2.75, 3.05) is 6.54 Å². The molecule has 0 aromatic heterocycles. The fourth-order valence-electron chi connectivity index (χ4n) is 3.50. The smallest absolute Gasteiger partial charge is 0.00741 e. The molecule has 2 N–H and O–H groups in total. The first-order valence-electron chi connectivity index (χ1n) is 8.58. The highest BCUT2D eigenvalue weighted by atomic mass is 14.5. The quantitative estimate of drug-likeness (QED) is 0.762. The van der Waals surface area contributed by atoms with Crippen LogP contribution in [0.1, 0.15) is 46.7 Å². The fraction of sp³-hybridized carbons (Fsp3) is 0.364. The minimum atomic E-state index is 0.746. The topological polar surface area (TPSA) is 26.0 Å². The van der Waals surface area contributed by atoms with E-state index in [4.69, 9.17) is 5.73 Å². The summed E-state index contributed by atoms with van der Waals surface area (Å²) in [6, 6.07) is 9.05. The maximum absolute atomic E-state index is 5.72. The maximum Gasteiger partial charge on any atom is -0.00741 e. The minimum absolute atomic E-state index is 0.746. The van der Waals surface area contributed by atoms with E-state index in [9.17, 15) is 0 Å². The largest absolute Gasteiger partial charge is 0.330 e. The van der Waals surface area contributed by atoms with Crippen LogP contribution in [0.15, 0.2) is 30.8 Å². The molecular formula is C22H29N. The van der Waals surface area contributed by atoms with Crippen LogP contribution in [-0.4, -0.2) is 6.54 Å². The molecule has 2 aromatic carbocycles. The summed E-state index contributed by atoms with van der Waals surface area (Å²) in [6.45, 7) is 13.6. The molecule has 0 aliphatic rings. The van der Waals surface area contributed by atoms with Gasteiger partial charge in [-0.05, 0) is 91.1 Å². The molecule has 122 valence electrons. The molecule has 0 unspecified atom stereocenters. The molecule has 0 saturated heterocycles. The summed E-state index contributed by atoms with van der Waals surface area (Å²) in [7, 11) is 0. The van der Waals surface area contributed by atoms with E-state index in [1.54, 1.807) is 0 Å². The van der Waals surface area contributed by atoms with Gasteiger partial charge in [-0.2, -0.15) is 0 Å². The Kier molecular flexibility index (Phi) is 5.79. The van der Waals surface area contributed by atoms with Gasteiger partial charge < -0.3 is 5.73 Å². The lowest BCUT2D eigenvalue weighted by Crippen LogP contribution is -2.04. The zero-order valence-electron chi connectivity index (χ0n) is 15.0. The van der Waals surface area contributed by atoms with Crippen LogP contribution < -0.4 is 5.73 Å².